The molecule has 2 aromatic heterocycles. The molecule has 38 heavy (non-hydrogen) atoms. The van der Waals surface area contributed by atoms with Gasteiger partial charge >= 0.3 is 5.97 Å². The highest BCUT2D eigenvalue weighted by Crippen LogP contribution is 2.36. The summed E-state index contributed by atoms with van der Waals surface area (Å²) in [4.78, 5) is 19.2. The van der Waals surface area contributed by atoms with E-state index in [0.717, 1.165) is 66.6 Å². The summed E-state index contributed by atoms with van der Waals surface area (Å²) < 4.78 is 22.6. The Morgan fingerprint density at radius 1 is 1.24 bits per heavy atom. The Kier molecular flexibility index (Phi) is 7.30. The standard InChI is InChI=1S/C29H36FN5O3/c30-25(9-2-1-7-22-11-10-19-6-4-13-31-28(19)33-22)21-12-14-34(16-21)27(29(36)37)24-8-3-5-20-15-32-35(26(20)24)23-17-38-18-23/h3,5,8,10-11,15,21,23,25,27H,1-2,4,6-7,9,12-14,16-18H2,(H,31,33)(H,36,37). The van der Waals surface area contributed by atoms with Crippen LogP contribution in [-0.4, -0.2) is 69.8 Å². The molecule has 3 aliphatic rings. The van der Waals surface area contributed by atoms with E-state index in [1.54, 1.807) is 6.20 Å². The van der Waals surface area contributed by atoms with Crippen molar-refractivity contribution in [1.29, 1.82) is 0 Å². The summed E-state index contributed by atoms with van der Waals surface area (Å²) >= 11 is 0. The third-order valence-corrected chi connectivity index (χ3v) is 8.39. The molecular weight excluding hydrogens is 485 g/mol. The molecule has 0 aliphatic carbocycles. The number of alkyl halides is 1. The Labute approximate surface area is 222 Å². The number of aromatic nitrogens is 3. The number of halogens is 1. The molecule has 2 fully saturated rings. The molecule has 0 bridgehead atoms. The SMILES string of the molecule is O=C(O)C(c1cccc2cnn(C3COC3)c12)N1CCC(C(F)CCCCc2ccc3c(n2)NCCC3)C1. The van der Waals surface area contributed by atoms with Gasteiger partial charge in [-0.25, -0.2) is 9.37 Å². The van der Waals surface area contributed by atoms with Crippen LogP contribution in [-0.2, 0) is 22.4 Å². The molecule has 5 heterocycles. The number of para-hydroxylation sites is 1. The van der Waals surface area contributed by atoms with E-state index in [1.807, 2.05) is 27.8 Å². The first-order valence-electron chi connectivity index (χ1n) is 14.0. The monoisotopic (exact) mass is 521 g/mol. The molecular formula is C29H36FN5O3. The number of likely N-dealkylation sites (tertiary alicyclic amines) is 1. The number of aliphatic carboxylic acids is 1. The van der Waals surface area contributed by atoms with Crippen LogP contribution in [0.2, 0.25) is 0 Å². The van der Waals surface area contributed by atoms with Gasteiger partial charge in [0.15, 0.2) is 0 Å². The van der Waals surface area contributed by atoms with E-state index in [1.165, 1.54) is 5.56 Å². The van der Waals surface area contributed by atoms with Crippen molar-refractivity contribution in [3.8, 4) is 0 Å². The Morgan fingerprint density at radius 3 is 2.95 bits per heavy atom. The molecule has 202 valence electrons. The number of fused-ring (bicyclic) bond motifs is 2. The fourth-order valence-electron chi connectivity index (χ4n) is 6.21. The predicted molar refractivity (Wildman–Crippen MR) is 143 cm³/mol. The lowest BCUT2D eigenvalue weighted by Gasteiger charge is -2.29. The second-order valence-corrected chi connectivity index (χ2v) is 11.0. The third-order valence-electron chi connectivity index (χ3n) is 8.39. The van der Waals surface area contributed by atoms with Gasteiger partial charge in [0.2, 0.25) is 0 Å². The molecule has 3 aromatic rings. The van der Waals surface area contributed by atoms with Gasteiger partial charge in [-0.05, 0) is 56.7 Å². The number of pyridine rings is 1. The zero-order valence-corrected chi connectivity index (χ0v) is 21.7. The lowest BCUT2D eigenvalue weighted by Crippen LogP contribution is -2.35. The van der Waals surface area contributed by atoms with Crippen LogP contribution in [0, 0.1) is 5.92 Å². The number of hydrogen-bond acceptors (Lipinski definition) is 6. The molecule has 2 saturated heterocycles. The Hall–Kier alpha value is -3.04. The summed E-state index contributed by atoms with van der Waals surface area (Å²) in [5, 5.41) is 19.1. The van der Waals surface area contributed by atoms with Crippen molar-refractivity contribution in [2.75, 3.05) is 38.2 Å². The van der Waals surface area contributed by atoms with E-state index < -0.39 is 18.2 Å². The number of nitrogens with zero attached hydrogens (tertiary/aromatic N) is 4. The van der Waals surface area contributed by atoms with Crippen LogP contribution >= 0.6 is 0 Å². The van der Waals surface area contributed by atoms with Crippen LogP contribution in [0.25, 0.3) is 10.9 Å². The molecule has 1 aromatic carbocycles. The molecule has 2 N–H and O–H groups in total. The van der Waals surface area contributed by atoms with E-state index >= 15 is 4.39 Å². The number of carboxylic acid groups (broad SMARTS) is 1. The van der Waals surface area contributed by atoms with Crippen LogP contribution in [0.15, 0.2) is 36.5 Å². The number of carbonyl (C=O) groups is 1. The van der Waals surface area contributed by atoms with Crippen molar-refractivity contribution in [2.24, 2.45) is 5.92 Å². The molecule has 9 heteroatoms. The van der Waals surface area contributed by atoms with Crippen LogP contribution < -0.4 is 5.32 Å². The Bertz CT molecular complexity index is 1290. The molecule has 0 spiro atoms. The van der Waals surface area contributed by atoms with Gasteiger partial charge in [-0.1, -0.05) is 30.7 Å². The minimum Gasteiger partial charge on any atom is -0.480 e. The number of benzene rings is 1. The van der Waals surface area contributed by atoms with E-state index in [2.05, 4.69) is 22.5 Å². The zero-order chi connectivity index (χ0) is 26.1. The summed E-state index contributed by atoms with van der Waals surface area (Å²) in [5.41, 5.74) is 3.92. The fourth-order valence-corrected chi connectivity index (χ4v) is 6.21. The smallest absolute Gasteiger partial charge is 0.325 e. The maximum atomic E-state index is 15.3. The van der Waals surface area contributed by atoms with Gasteiger partial charge in [0.1, 0.15) is 18.0 Å². The largest absolute Gasteiger partial charge is 0.480 e. The molecule has 0 saturated carbocycles. The van der Waals surface area contributed by atoms with Crippen molar-refractivity contribution in [3.63, 3.8) is 0 Å². The van der Waals surface area contributed by atoms with Gasteiger partial charge in [-0.2, -0.15) is 5.10 Å². The lowest BCUT2D eigenvalue weighted by atomic mass is 9.97. The maximum absolute atomic E-state index is 15.3. The number of anilines is 1. The van der Waals surface area contributed by atoms with Crippen LogP contribution in [0.3, 0.4) is 0 Å². The zero-order valence-electron chi connectivity index (χ0n) is 21.7. The molecule has 3 unspecified atom stereocenters. The van der Waals surface area contributed by atoms with Gasteiger partial charge in [0, 0.05) is 35.7 Å². The van der Waals surface area contributed by atoms with Crippen molar-refractivity contribution >= 4 is 22.7 Å². The van der Waals surface area contributed by atoms with Crippen LogP contribution in [0.1, 0.15) is 61.0 Å². The minimum atomic E-state index is -0.930. The first kappa shape index (κ1) is 25.2. The second kappa shape index (κ2) is 11.0. The van der Waals surface area contributed by atoms with Crippen molar-refractivity contribution in [3.05, 3.63) is 53.3 Å². The molecule has 0 amide bonds. The Morgan fingerprint density at radius 2 is 2.13 bits per heavy atom. The molecule has 8 nitrogen and oxygen atoms in total. The number of rotatable bonds is 10. The van der Waals surface area contributed by atoms with Gasteiger partial charge in [0.05, 0.1) is 31.0 Å². The van der Waals surface area contributed by atoms with Gasteiger partial charge in [0.25, 0.3) is 0 Å². The van der Waals surface area contributed by atoms with Crippen LogP contribution in [0.4, 0.5) is 10.2 Å². The topological polar surface area (TPSA) is 92.5 Å². The quantitative estimate of drug-likeness (QED) is 0.378. The molecule has 0 radical (unpaired) electrons. The second-order valence-electron chi connectivity index (χ2n) is 11.0. The summed E-state index contributed by atoms with van der Waals surface area (Å²) in [7, 11) is 0. The van der Waals surface area contributed by atoms with Gasteiger partial charge < -0.3 is 15.2 Å². The van der Waals surface area contributed by atoms with Crippen molar-refractivity contribution in [1.82, 2.24) is 19.7 Å². The first-order valence-corrected chi connectivity index (χ1v) is 14.0. The summed E-state index contributed by atoms with van der Waals surface area (Å²) in [6, 6.07) is 9.29. The summed E-state index contributed by atoms with van der Waals surface area (Å²) in [6.07, 6.45) is 6.81. The van der Waals surface area contributed by atoms with Crippen molar-refractivity contribution < 1.29 is 19.0 Å². The first-order chi connectivity index (χ1) is 18.6. The van der Waals surface area contributed by atoms with E-state index in [9.17, 15) is 9.90 Å². The Balaban J connectivity index is 1.06. The van der Waals surface area contributed by atoms with E-state index in [4.69, 9.17) is 9.72 Å². The highest BCUT2D eigenvalue weighted by atomic mass is 19.1. The third kappa shape index (κ3) is 5.01. The number of nitrogens with one attached hydrogen (secondary N) is 1. The van der Waals surface area contributed by atoms with Gasteiger partial charge in [-0.3, -0.25) is 14.4 Å². The molecule has 3 aliphatic heterocycles. The highest BCUT2D eigenvalue weighted by molar-refractivity contribution is 5.88. The predicted octanol–water partition coefficient (Wildman–Crippen LogP) is 4.56. The van der Waals surface area contributed by atoms with Crippen molar-refractivity contribution in [2.45, 2.75) is 63.2 Å². The lowest BCUT2D eigenvalue weighted by molar-refractivity contribution is -0.143. The van der Waals surface area contributed by atoms with Gasteiger partial charge in [-0.15, -0.1) is 0 Å². The normalized spacial score (nSPS) is 21.6. The average molecular weight is 522 g/mol. The fraction of sp³-hybridized carbons (Fsp3) is 0.552. The van der Waals surface area contributed by atoms with E-state index in [-0.39, 0.29) is 12.0 Å². The minimum absolute atomic E-state index is 0.123. The number of hydrogen-bond donors (Lipinski definition) is 2. The molecule has 3 atom stereocenters. The average Bonchev–Trinajstić information content (AvgIpc) is 3.54. The summed E-state index contributed by atoms with van der Waals surface area (Å²) in [5.74, 6) is -0.0406. The number of aryl methyl sites for hydroxylation is 2. The van der Waals surface area contributed by atoms with E-state index in [0.29, 0.717) is 39.1 Å². The summed E-state index contributed by atoms with van der Waals surface area (Å²) in [6.45, 7) is 3.16. The molecule has 6 rings (SSSR count). The maximum Gasteiger partial charge on any atom is 0.325 e. The van der Waals surface area contributed by atoms with Crippen LogP contribution in [0.5, 0.6) is 0 Å². The number of carboxylic acids is 1. The highest BCUT2D eigenvalue weighted by Gasteiger charge is 2.38. The number of unbranched alkanes of at least 4 members (excludes halogenated alkanes) is 1. The number of ether oxygens (including phenoxy) is 1.